The van der Waals surface area contributed by atoms with Crippen LogP contribution in [-0.2, 0) is 9.53 Å². The molecule has 0 aromatic carbocycles. The Balaban J connectivity index is 4.48. The molecule has 15 heavy (non-hydrogen) atoms. The van der Waals surface area contributed by atoms with Crippen LogP contribution in [0.1, 0.15) is 0 Å². The van der Waals surface area contributed by atoms with Crippen LogP contribution in [0.15, 0.2) is 50.6 Å². The first-order valence-electron chi connectivity index (χ1n) is 4.61. The van der Waals surface area contributed by atoms with Crippen molar-refractivity contribution in [3.63, 3.8) is 0 Å². The summed E-state index contributed by atoms with van der Waals surface area (Å²) in [7, 11) is 0. The lowest BCUT2D eigenvalue weighted by molar-refractivity contribution is -0.147. The van der Waals surface area contributed by atoms with E-state index in [1.807, 2.05) is 4.90 Å². The number of rotatable bonds is 8. The number of hydrogen-bond donors (Lipinski definition) is 0. The van der Waals surface area contributed by atoms with Crippen LogP contribution in [0, 0.1) is 0 Å². The van der Waals surface area contributed by atoms with E-state index < -0.39 is 12.2 Å². The first-order chi connectivity index (χ1) is 7.19. The van der Waals surface area contributed by atoms with Crippen LogP contribution in [-0.4, -0.2) is 30.2 Å². The summed E-state index contributed by atoms with van der Waals surface area (Å²) in [5, 5.41) is 0. The molecule has 0 N–H and O–H groups in total. The smallest absolute Gasteiger partial charge is 0.331 e. The topological polar surface area (TPSA) is 29.5 Å². The molecule has 3 heteroatoms. The quantitative estimate of drug-likeness (QED) is 0.263. The molecule has 0 saturated heterocycles. The highest BCUT2D eigenvalue weighted by atomic mass is 16.6. The zero-order valence-electron chi connectivity index (χ0n) is 8.89. The summed E-state index contributed by atoms with van der Waals surface area (Å²) in [6.45, 7) is 15.4. The van der Waals surface area contributed by atoms with Crippen LogP contribution in [0.5, 0.6) is 0 Å². The summed E-state index contributed by atoms with van der Waals surface area (Å²) in [6.07, 6.45) is 5.64. The van der Waals surface area contributed by atoms with E-state index in [0.29, 0.717) is 13.1 Å². The number of hydrogen-bond acceptors (Lipinski definition) is 3. The number of nitrogens with zero attached hydrogens (tertiary/aromatic N) is 1. The minimum absolute atomic E-state index is 0.474. The van der Waals surface area contributed by atoms with Gasteiger partial charge in [0.15, 0.2) is 6.23 Å². The molecule has 0 aliphatic carbocycles. The molecular formula is C12H17NO2. The average Bonchev–Trinajstić information content (AvgIpc) is 2.25. The van der Waals surface area contributed by atoms with Crippen molar-refractivity contribution in [2.45, 2.75) is 6.23 Å². The molecule has 3 nitrogen and oxygen atoms in total. The molecule has 0 aliphatic heterocycles. The fourth-order valence-electron chi connectivity index (χ4n) is 1.05. The minimum Gasteiger partial charge on any atom is -0.439 e. The second-order valence-corrected chi connectivity index (χ2v) is 2.80. The van der Waals surface area contributed by atoms with E-state index >= 15 is 0 Å². The molecule has 0 radical (unpaired) electrons. The Morgan fingerprint density at radius 3 is 2.07 bits per heavy atom. The van der Waals surface area contributed by atoms with Crippen molar-refractivity contribution in [1.29, 1.82) is 0 Å². The standard InChI is InChI=1S/C12H17NO2/c1-5-9-13(10-6-2)11(7-3)15-12(14)8-4/h5-8,11H,1-4,9-10H2. The average molecular weight is 207 g/mol. The molecule has 0 spiro atoms. The molecule has 1 unspecified atom stereocenters. The van der Waals surface area contributed by atoms with E-state index in [1.54, 1.807) is 18.2 Å². The van der Waals surface area contributed by atoms with E-state index in [1.165, 1.54) is 0 Å². The van der Waals surface area contributed by atoms with E-state index in [9.17, 15) is 4.79 Å². The van der Waals surface area contributed by atoms with Gasteiger partial charge in [-0.25, -0.2) is 4.79 Å². The Bertz CT molecular complexity index is 248. The zero-order chi connectivity index (χ0) is 11.7. The number of carbonyl (C=O) groups excluding carboxylic acids is 1. The highest BCUT2D eigenvalue weighted by Crippen LogP contribution is 2.04. The lowest BCUT2D eigenvalue weighted by Gasteiger charge is -2.26. The third-order valence-corrected chi connectivity index (χ3v) is 1.69. The van der Waals surface area contributed by atoms with Gasteiger partial charge in [0, 0.05) is 19.2 Å². The summed E-state index contributed by atoms with van der Waals surface area (Å²) in [4.78, 5) is 12.9. The van der Waals surface area contributed by atoms with Crippen molar-refractivity contribution in [2.24, 2.45) is 0 Å². The summed E-state index contributed by atoms with van der Waals surface area (Å²) in [5.74, 6) is -0.474. The maximum absolute atomic E-state index is 11.0. The summed E-state index contributed by atoms with van der Waals surface area (Å²) >= 11 is 0. The normalized spacial score (nSPS) is 11.5. The van der Waals surface area contributed by atoms with Crippen molar-refractivity contribution >= 4 is 5.97 Å². The van der Waals surface area contributed by atoms with Crippen molar-refractivity contribution in [3.05, 3.63) is 50.6 Å². The Morgan fingerprint density at radius 2 is 1.73 bits per heavy atom. The molecule has 0 fully saturated rings. The van der Waals surface area contributed by atoms with Crippen molar-refractivity contribution < 1.29 is 9.53 Å². The van der Waals surface area contributed by atoms with E-state index in [2.05, 4.69) is 26.3 Å². The minimum atomic E-state index is -0.480. The summed E-state index contributed by atoms with van der Waals surface area (Å²) in [6, 6.07) is 0. The predicted molar refractivity (Wildman–Crippen MR) is 62.2 cm³/mol. The Hall–Kier alpha value is -1.61. The molecule has 0 bridgehead atoms. The Morgan fingerprint density at radius 1 is 1.20 bits per heavy atom. The molecule has 0 aromatic rings. The van der Waals surface area contributed by atoms with Crippen molar-refractivity contribution in [2.75, 3.05) is 13.1 Å². The van der Waals surface area contributed by atoms with Crippen molar-refractivity contribution in [3.8, 4) is 0 Å². The Kier molecular flexibility index (Phi) is 6.93. The molecule has 82 valence electrons. The van der Waals surface area contributed by atoms with E-state index in [4.69, 9.17) is 4.74 Å². The van der Waals surface area contributed by atoms with Gasteiger partial charge in [-0.3, -0.25) is 4.90 Å². The van der Waals surface area contributed by atoms with Crippen LogP contribution in [0.2, 0.25) is 0 Å². The van der Waals surface area contributed by atoms with Gasteiger partial charge in [-0.15, -0.1) is 13.2 Å². The first-order valence-corrected chi connectivity index (χ1v) is 4.61. The van der Waals surface area contributed by atoms with Crippen LogP contribution < -0.4 is 0 Å². The molecule has 0 rings (SSSR count). The first kappa shape index (κ1) is 13.4. The molecule has 1 atom stereocenters. The van der Waals surface area contributed by atoms with Gasteiger partial charge in [0.2, 0.25) is 0 Å². The van der Waals surface area contributed by atoms with Gasteiger partial charge in [0.25, 0.3) is 0 Å². The fraction of sp³-hybridized carbons (Fsp3) is 0.250. The van der Waals surface area contributed by atoms with E-state index in [-0.39, 0.29) is 0 Å². The lowest BCUT2D eigenvalue weighted by atomic mass is 10.4. The van der Waals surface area contributed by atoms with Crippen molar-refractivity contribution in [1.82, 2.24) is 4.90 Å². The van der Waals surface area contributed by atoms with Crippen LogP contribution in [0.25, 0.3) is 0 Å². The van der Waals surface area contributed by atoms with Gasteiger partial charge in [-0.2, -0.15) is 0 Å². The van der Waals surface area contributed by atoms with Gasteiger partial charge in [0.05, 0.1) is 0 Å². The Labute approximate surface area is 91.0 Å². The number of carbonyl (C=O) groups is 1. The zero-order valence-corrected chi connectivity index (χ0v) is 8.89. The third-order valence-electron chi connectivity index (χ3n) is 1.69. The maximum Gasteiger partial charge on any atom is 0.331 e. The largest absolute Gasteiger partial charge is 0.439 e. The molecular weight excluding hydrogens is 190 g/mol. The lowest BCUT2D eigenvalue weighted by Crippen LogP contribution is -2.37. The highest BCUT2D eigenvalue weighted by molar-refractivity contribution is 5.81. The second kappa shape index (κ2) is 7.76. The van der Waals surface area contributed by atoms with Gasteiger partial charge < -0.3 is 4.74 Å². The second-order valence-electron chi connectivity index (χ2n) is 2.80. The maximum atomic E-state index is 11.0. The third kappa shape index (κ3) is 4.98. The molecule has 0 amide bonds. The molecule has 0 aliphatic rings. The SMILES string of the molecule is C=CCN(CC=C)C(C=C)OC(=O)C=C. The van der Waals surface area contributed by atoms with Gasteiger partial charge in [0.1, 0.15) is 0 Å². The predicted octanol–water partition coefficient (Wildman–Crippen LogP) is 1.90. The van der Waals surface area contributed by atoms with Gasteiger partial charge in [-0.05, 0) is 6.08 Å². The van der Waals surface area contributed by atoms with Gasteiger partial charge in [-0.1, -0.05) is 25.3 Å². The molecule has 0 aromatic heterocycles. The van der Waals surface area contributed by atoms with Gasteiger partial charge >= 0.3 is 5.97 Å². The summed E-state index contributed by atoms with van der Waals surface area (Å²) in [5.41, 5.74) is 0. The van der Waals surface area contributed by atoms with E-state index in [0.717, 1.165) is 6.08 Å². The van der Waals surface area contributed by atoms with Crippen LogP contribution in [0.4, 0.5) is 0 Å². The summed E-state index contributed by atoms with van der Waals surface area (Å²) < 4.78 is 5.07. The molecule has 0 saturated carbocycles. The molecule has 0 heterocycles. The number of esters is 1. The fourth-order valence-corrected chi connectivity index (χ4v) is 1.05. The number of ether oxygens (including phenoxy) is 1. The highest BCUT2D eigenvalue weighted by Gasteiger charge is 2.15. The monoisotopic (exact) mass is 207 g/mol. The van der Waals surface area contributed by atoms with Crippen LogP contribution >= 0.6 is 0 Å². The van der Waals surface area contributed by atoms with Crippen LogP contribution in [0.3, 0.4) is 0 Å².